The number of Topliss-reactive ketones (excluding diaryl/α,β-unsaturated/α-hetero) is 1. The summed E-state index contributed by atoms with van der Waals surface area (Å²) in [7, 11) is 2.85. The molecular formula is C10H13NO4. The zero-order valence-electron chi connectivity index (χ0n) is 8.61. The standard InChI is InChI=1S/C10H13NO4/c1-14-9-4-10(15-2)7(12)3-6(9)8(13)5-11/h3-4,12H,5,11H2,1-2H3. The molecule has 15 heavy (non-hydrogen) atoms. The minimum atomic E-state index is -0.301. The average molecular weight is 211 g/mol. The number of ketones is 1. The SMILES string of the molecule is COc1cc(OC)c(C(=O)CN)cc1O. The highest BCUT2D eigenvalue weighted by Crippen LogP contribution is 2.33. The summed E-state index contributed by atoms with van der Waals surface area (Å²) < 4.78 is 9.88. The first-order valence-electron chi connectivity index (χ1n) is 4.32. The Morgan fingerprint density at radius 3 is 2.40 bits per heavy atom. The number of phenolic OH excluding ortho intramolecular Hbond substituents is 1. The molecule has 82 valence electrons. The largest absolute Gasteiger partial charge is 0.504 e. The molecule has 0 bridgehead atoms. The van der Waals surface area contributed by atoms with Crippen LogP contribution < -0.4 is 15.2 Å². The molecule has 0 aliphatic heterocycles. The number of methoxy groups -OCH3 is 2. The van der Waals surface area contributed by atoms with E-state index in [1.54, 1.807) is 0 Å². The lowest BCUT2D eigenvalue weighted by molar-refractivity contribution is 0.0998. The summed E-state index contributed by atoms with van der Waals surface area (Å²) in [6.45, 7) is -0.137. The van der Waals surface area contributed by atoms with E-state index in [0.29, 0.717) is 5.75 Å². The van der Waals surface area contributed by atoms with Crippen LogP contribution in [0.5, 0.6) is 17.2 Å². The Hall–Kier alpha value is -1.75. The van der Waals surface area contributed by atoms with Crippen molar-refractivity contribution in [3.8, 4) is 17.2 Å². The summed E-state index contributed by atoms with van der Waals surface area (Å²) in [5.41, 5.74) is 5.48. The molecule has 0 saturated carbocycles. The van der Waals surface area contributed by atoms with Gasteiger partial charge in [0, 0.05) is 6.07 Å². The van der Waals surface area contributed by atoms with Crippen molar-refractivity contribution in [3.63, 3.8) is 0 Å². The van der Waals surface area contributed by atoms with Crippen molar-refractivity contribution in [3.05, 3.63) is 17.7 Å². The Balaban J connectivity index is 3.27. The number of hydrogen-bond donors (Lipinski definition) is 2. The maximum absolute atomic E-state index is 11.4. The second-order valence-corrected chi connectivity index (χ2v) is 2.85. The quantitative estimate of drug-likeness (QED) is 0.711. The van der Waals surface area contributed by atoms with Crippen molar-refractivity contribution in [2.45, 2.75) is 0 Å². The molecule has 1 aromatic rings. The third kappa shape index (κ3) is 2.19. The molecule has 1 rings (SSSR count). The van der Waals surface area contributed by atoms with Gasteiger partial charge in [0.05, 0.1) is 26.3 Å². The third-order valence-corrected chi connectivity index (χ3v) is 1.99. The van der Waals surface area contributed by atoms with E-state index in [2.05, 4.69) is 0 Å². The van der Waals surface area contributed by atoms with E-state index in [1.807, 2.05) is 0 Å². The third-order valence-electron chi connectivity index (χ3n) is 1.99. The van der Waals surface area contributed by atoms with Gasteiger partial charge in [-0.3, -0.25) is 4.79 Å². The van der Waals surface area contributed by atoms with Crippen LogP contribution in [0, 0.1) is 0 Å². The molecule has 5 nitrogen and oxygen atoms in total. The van der Waals surface area contributed by atoms with E-state index >= 15 is 0 Å². The molecule has 5 heteroatoms. The number of rotatable bonds is 4. The van der Waals surface area contributed by atoms with Crippen LogP contribution in [0.25, 0.3) is 0 Å². The molecule has 0 saturated heterocycles. The zero-order chi connectivity index (χ0) is 11.4. The van der Waals surface area contributed by atoms with Gasteiger partial charge in [0.2, 0.25) is 0 Å². The van der Waals surface area contributed by atoms with Gasteiger partial charge in [-0.05, 0) is 6.07 Å². The topological polar surface area (TPSA) is 81.8 Å². The highest BCUT2D eigenvalue weighted by molar-refractivity contribution is 6.00. The van der Waals surface area contributed by atoms with Crippen molar-refractivity contribution < 1.29 is 19.4 Å². The fraction of sp³-hybridized carbons (Fsp3) is 0.300. The molecule has 0 amide bonds. The second-order valence-electron chi connectivity index (χ2n) is 2.85. The lowest BCUT2D eigenvalue weighted by atomic mass is 10.1. The number of ether oxygens (including phenoxy) is 2. The maximum Gasteiger partial charge on any atom is 0.180 e. The second kappa shape index (κ2) is 4.65. The van der Waals surface area contributed by atoms with E-state index in [1.165, 1.54) is 26.4 Å². The molecule has 0 aliphatic carbocycles. The molecule has 0 heterocycles. The normalized spacial score (nSPS) is 9.80. The Morgan fingerprint density at radius 1 is 1.33 bits per heavy atom. The molecule has 0 unspecified atom stereocenters. The Labute approximate surface area is 87.4 Å². The first-order chi connectivity index (χ1) is 7.13. The van der Waals surface area contributed by atoms with Crippen LogP contribution in [0.4, 0.5) is 0 Å². The van der Waals surface area contributed by atoms with Crippen molar-refractivity contribution in [2.75, 3.05) is 20.8 Å². The van der Waals surface area contributed by atoms with E-state index in [-0.39, 0.29) is 29.4 Å². The van der Waals surface area contributed by atoms with Gasteiger partial charge in [0.1, 0.15) is 5.75 Å². The molecule has 0 radical (unpaired) electrons. The molecule has 0 fully saturated rings. The van der Waals surface area contributed by atoms with Crippen molar-refractivity contribution in [2.24, 2.45) is 5.73 Å². The van der Waals surface area contributed by atoms with E-state index < -0.39 is 0 Å². The van der Waals surface area contributed by atoms with Crippen molar-refractivity contribution in [1.29, 1.82) is 0 Å². The fourth-order valence-corrected chi connectivity index (χ4v) is 1.21. The van der Waals surface area contributed by atoms with Gasteiger partial charge in [0.25, 0.3) is 0 Å². The lowest BCUT2D eigenvalue weighted by Crippen LogP contribution is -2.14. The van der Waals surface area contributed by atoms with Gasteiger partial charge < -0.3 is 20.3 Å². The molecule has 0 spiro atoms. The van der Waals surface area contributed by atoms with E-state index in [9.17, 15) is 9.90 Å². The van der Waals surface area contributed by atoms with Gasteiger partial charge in [-0.25, -0.2) is 0 Å². The van der Waals surface area contributed by atoms with Gasteiger partial charge >= 0.3 is 0 Å². The lowest BCUT2D eigenvalue weighted by Gasteiger charge is -2.10. The van der Waals surface area contributed by atoms with Crippen LogP contribution >= 0.6 is 0 Å². The summed E-state index contributed by atoms with van der Waals surface area (Å²) in [5, 5.41) is 9.48. The summed E-state index contributed by atoms with van der Waals surface area (Å²) in [6, 6.07) is 2.73. The predicted molar refractivity (Wildman–Crippen MR) is 54.6 cm³/mol. The molecule has 0 aliphatic rings. The zero-order valence-corrected chi connectivity index (χ0v) is 8.61. The predicted octanol–water partition coefficient (Wildman–Crippen LogP) is 0.551. The molecule has 0 aromatic heterocycles. The van der Waals surface area contributed by atoms with Gasteiger partial charge in [-0.15, -0.1) is 0 Å². The van der Waals surface area contributed by atoms with E-state index in [4.69, 9.17) is 15.2 Å². The minimum Gasteiger partial charge on any atom is -0.504 e. The fourth-order valence-electron chi connectivity index (χ4n) is 1.21. The van der Waals surface area contributed by atoms with Crippen LogP contribution in [0.2, 0.25) is 0 Å². The number of carbonyl (C=O) groups is 1. The summed E-state index contributed by atoms with van der Waals surface area (Å²) >= 11 is 0. The van der Waals surface area contributed by atoms with Crippen LogP contribution in [0.15, 0.2) is 12.1 Å². The monoisotopic (exact) mass is 211 g/mol. The number of phenols is 1. The van der Waals surface area contributed by atoms with Crippen LogP contribution in [0.1, 0.15) is 10.4 Å². The van der Waals surface area contributed by atoms with Gasteiger partial charge in [-0.1, -0.05) is 0 Å². The summed E-state index contributed by atoms with van der Waals surface area (Å²) in [5.74, 6) is 0.167. The van der Waals surface area contributed by atoms with Gasteiger partial charge in [-0.2, -0.15) is 0 Å². The first kappa shape index (κ1) is 11.3. The summed E-state index contributed by atoms with van der Waals surface area (Å²) in [6.07, 6.45) is 0. The van der Waals surface area contributed by atoms with Crippen molar-refractivity contribution >= 4 is 5.78 Å². The number of carbonyl (C=O) groups excluding carboxylic acids is 1. The number of nitrogens with two attached hydrogens (primary N) is 1. The summed E-state index contributed by atoms with van der Waals surface area (Å²) in [4.78, 5) is 11.4. The number of benzene rings is 1. The van der Waals surface area contributed by atoms with Crippen molar-refractivity contribution in [1.82, 2.24) is 0 Å². The molecule has 0 atom stereocenters. The van der Waals surface area contributed by atoms with Crippen LogP contribution in [0.3, 0.4) is 0 Å². The average Bonchev–Trinajstić information content (AvgIpc) is 2.27. The highest BCUT2D eigenvalue weighted by atomic mass is 16.5. The molecule has 1 aromatic carbocycles. The maximum atomic E-state index is 11.4. The molecule has 3 N–H and O–H groups in total. The number of hydrogen-bond acceptors (Lipinski definition) is 5. The molecular weight excluding hydrogens is 198 g/mol. The van der Waals surface area contributed by atoms with Gasteiger partial charge in [0.15, 0.2) is 17.3 Å². The number of aromatic hydroxyl groups is 1. The Bertz CT molecular complexity index is 376. The van der Waals surface area contributed by atoms with Crippen LogP contribution in [-0.4, -0.2) is 31.7 Å². The Kier molecular flexibility index (Phi) is 3.51. The van der Waals surface area contributed by atoms with E-state index in [0.717, 1.165) is 0 Å². The smallest absolute Gasteiger partial charge is 0.180 e. The minimum absolute atomic E-state index is 0.116. The van der Waals surface area contributed by atoms with Crippen LogP contribution in [-0.2, 0) is 0 Å². The Morgan fingerprint density at radius 2 is 1.93 bits per heavy atom. The first-order valence-corrected chi connectivity index (χ1v) is 4.32. The highest BCUT2D eigenvalue weighted by Gasteiger charge is 2.15.